The molecule has 0 aliphatic heterocycles. The van der Waals surface area contributed by atoms with Gasteiger partial charge in [-0.3, -0.25) is 19.2 Å². The van der Waals surface area contributed by atoms with Crippen molar-refractivity contribution in [3.05, 3.63) is 18.2 Å². The van der Waals surface area contributed by atoms with Crippen molar-refractivity contribution in [2.45, 2.75) is 70.1 Å². The third kappa shape index (κ3) is 11.5. The highest BCUT2D eigenvalue weighted by Crippen LogP contribution is 2.09. The highest BCUT2D eigenvalue weighted by Gasteiger charge is 2.31. The largest absolute Gasteiger partial charge is 0.480 e. The van der Waals surface area contributed by atoms with E-state index < -0.39 is 53.8 Å². The molecule has 4 atom stereocenters. The van der Waals surface area contributed by atoms with Gasteiger partial charge in [0.2, 0.25) is 23.6 Å². The highest BCUT2D eigenvalue weighted by molar-refractivity contribution is 7.98. The molecule has 0 aliphatic carbocycles. The lowest BCUT2D eigenvalue weighted by atomic mass is 10.0. The molecule has 36 heavy (non-hydrogen) atoms. The molecule has 0 saturated carbocycles. The molecule has 0 aromatic carbocycles. The van der Waals surface area contributed by atoms with Gasteiger partial charge in [0.15, 0.2) is 0 Å². The Balaban J connectivity index is 2.93. The summed E-state index contributed by atoms with van der Waals surface area (Å²) in [4.78, 5) is 67.9. The lowest BCUT2D eigenvalue weighted by Gasteiger charge is -2.26. The van der Waals surface area contributed by atoms with E-state index in [1.54, 1.807) is 0 Å². The van der Waals surface area contributed by atoms with Crippen molar-refractivity contribution >= 4 is 41.4 Å². The highest BCUT2D eigenvalue weighted by atomic mass is 32.2. The van der Waals surface area contributed by atoms with E-state index >= 15 is 0 Å². The summed E-state index contributed by atoms with van der Waals surface area (Å²) >= 11 is 1.47. The molecule has 1 aromatic rings. The first-order chi connectivity index (χ1) is 16.9. The molecule has 1 aromatic heterocycles. The molecule has 0 spiro atoms. The number of carbonyl (C=O) groups excluding carboxylic acids is 4. The van der Waals surface area contributed by atoms with Crippen LogP contribution in [0.25, 0.3) is 0 Å². The van der Waals surface area contributed by atoms with Crippen LogP contribution < -0.4 is 27.4 Å². The fraction of sp³-hybridized carbons (Fsp3) is 0.636. The van der Waals surface area contributed by atoms with Gasteiger partial charge in [-0.1, -0.05) is 13.8 Å². The first-order valence-corrected chi connectivity index (χ1v) is 13.0. The van der Waals surface area contributed by atoms with Gasteiger partial charge in [-0.2, -0.15) is 11.8 Å². The smallest absolute Gasteiger partial charge is 0.326 e. The van der Waals surface area contributed by atoms with Crippen LogP contribution in [0.15, 0.2) is 12.5 Å². The number of carboxylic acids is 1. The summed E-state index contributed by atoms with van der Waals surface area (Å²) < 4.78 is 0. The average molecular weight is 528 g/mol. The molecule has 4 amide bonds. The van der Waals surface area contributed by atoms with Gasteiger partial charge in [0.05, 0.1) is 12.4 Å². The first-order valence-electron chi connectivity index (χ1n) is 11.6. The van der Waals surface area contributed by atoms with E-state index in [1.165, 1.54) is 24.3 Å². The number of thioether (sulfide) groups is 1. The van der Waals surface area contributed by atoms with Crippen LogP contribution in [0.3, 0.4) is 0 Å². The lowest BCUT2D eigenvalue weighted by Crippen LogP contribution is -2.57. The van der Waals surface area contributed by atoms with Gasteiger partial charge in [-0.05, 0) is 37.2 Å². The summed E-state index contributed by atoms with van der Waals surface area (Å²) in [6.45, 7) is 3.72. The Hall–Kier alpha value is -3.13. The molecule has 1 heterocycles. The zero-order chi connectivity index (χ0) is 27.3. The zero-order valence-electron chi connectivity index (χ0n) is 20.8. The predicted molar refractivity (Wildman–Crippen MR) is 135 cm³/mol. The van der Waals surface area contributed by atoms with Gasteiger partial charge in [0.1, 0.15) is 18.1 Å². The molecular formula is C22H37N7O6S. The van der Waals surface area contributed by atoms with Crippen LogP contribution in [0, 0.1) is 5.92 Å². The number of carboxylic acid groups (broad SMARTS) is 1. The number of nitrogens with zero attached hydrogens (tertiary/aromatic N) is 1. The summed E-state index contributed by atoms with van der Waals surface area (Å²) in [6, 6.07) is -4.28. The fourth-order valence-electron chi connectivity index (χ4n) is 3.28. The lowest BCUT2D eigenvalue weighted by molar-refractivity contribution is -0.142. The molecule has 0 aliphatic rings. The molecule has 202 valence electrons. The standard InChI is InChI=1S/C22H37N7O6S/c1-12(2)8-16(21(33)29-17(22(34)35)9-13-10-25-11-26-13)28-20(32)15(6-7-36-3)27-19(31)14(23)4-5-18(24)30/h10-12,14-17H,4-9,23H2,1-3H3,(H2,24,30)(H,25,26)(H,27,31)(H,28,32)(H,29,33)(H,34,35). The Morgan fingerprint density at radius 3 is 2.17 bits per heavy atom. The van der Waals surface area contributed by atoms with Crippen LogP contribution in [0.1, 0.15) is 45.2 Å². The van der Waals surface area contributed by atoms with E-state index in [2.05, 4.69) is 25.9 Å². The zero-order valence-corrected chi connectivity index (χ0v) is 21.6. The van der Waals surface area contributed by atoms with Crippen LogP contribution in [-0.2, 0) is 30.4 Å². The Morgan fingerprint density at radius 2 is 1.64 bits per heavy atom. The molecular weight excluding hydrogens is 490 g/mol. The number of aliphatic carboxylic acids is 1. The third-order valence-corrected chi connectivity index (χ3v) is 5.86. The number of carbonyl (C=O) groups is 5. The molecule has 0 saturated heterocycles. The van der Waals surface area contributed by atoms with Crippen LogP contribution in [0.2, 0.25) is 0 Å². The van der Waals surface area contributed by atoms with E-state index in [0.29, 0.717) is 11.4 Å². The van der Waals surface area contributed by atoms with Gasteiger partial charge in [-0.25, -0.2) is 9.78 Å². The molecule has 9 N–H and O–H groups in total. The number of nitrogens with two attached hydrogens (primary N) is 2. The van der Waals surface area contributed by atoms with E-state index in [0.717, 1.165) is 0 Å². The minimum absolute atomic E-state index is 0.00149. The monoisotopic (exact) mass is 527 g/mol. The molecule has 14 heteroatoms. The minimum Gasteiger partial charge on any atom is -0.480 e. The number of hydrogen-bond donors (Lipinski definition) is 7. The number of aromatic amines is 1. The van der Waals surface area contributed by atoms with Crippen molar-refractivity contribution in [3.8, 4) is 0 Å². The van der Waals surface area contributed by atoms with Gasteiger partial charge in [-0.15, -0.1) is 0 Å². The summed E-state index contributed by atoms with van der Waals surface area (Å²) in [5, 5.41) is 17.3. The Bertz CT molecular complexity index is 880. The maximum atomic E-state index is 13.1. The van der Waals surface area contributed by atoms with Crippen molar-refractivity contribution < 1.29 is 29.1 Å². The van der Waals surface area contributed by atoms with Crippen LogP contribution in [0.4, 0.5) is 0 Å². The topological polar surface area (TPSA) is 222 Å². The summed E-state index contributed by atoms with van der Waals surface area (Å²) in [7, 11) is 0. The number of hydrogen-bond acceptors (Lipinski definition) is 8. The molecule has 1 rings (SSSR count). The first kappa shape index (κ1) is 30.9. The second kappa shape index (κ2) is 15.8. The second-order valence-electron chi connectivity index (χ2n) is 8.83. The van der Waals surface area contributed by atoms with E-state index in [4.69, 9.17) is 11.5 Å². The number of aromatic nitrogens is 2. The quantitative estimate of drug-likeness (QED) is 0.130. The summed E-state index contributed by atoms with van der Waals surface area (Å²) in [5.41, 5.74) is 11.4. The summed E-state index contributed by atoms with van der Waals surface area (Å²) in [5.74, 6) is -3.15. The van der Waals surface area contributed by atoms with Gasteiger partial charge < -0.3 is 37.5 Å². The van der Waals surface area contributed by atoms with Gasteiger partial charge >= 0.3 is 5.97 Å². The Labute approximate surface area is 214 Å². The number of H-pyrrole nitrogens is 1. The molecule has 13 nitrogen and oxygen atoms in total. The SMILES string of the molecule is CSCCC(NC(=O)C(N)CCC(N)=O)C(=O)NC(CC(C)C)C(=O)NC(Cc1cnc[nH]1)C(=O)O. The fourth-order valence-corrected chi connectivity index (χ4v) is 3.75. The van der Waals surface area contributed by atoms with Crippen molar-refractivity contribution in [3.63, 3.8) is 0 Å². The number of primary amides is 1. The Morgan fingerprint density at radius 1 is 1.03 bits per heavy atom. The summed E-state index contributed by atoms with van der Waals surface area (Å²) in [6.07, 6.45) is 5.17. The van der Waals surface area contributed by atoms with Crippen LogP contribution >= 0.6 is 11.8 Å². The van der Waals surface area contributed by atoms with E-state index in [1.807, 2.05) is 20.1 Å². The number of nitrogens with one attached hydrogen (secondary N) is 4. The molecule has 0 fully saturated rings. The Kier molecular flexibility index (Phi) is 13.5. The maximum absolute atomic E-state index is 13.1. The van der Waals surface area contributed by atoms with Gasteiger partial charge in [0, 0.05) is 24.7 Å². The van der Waals surface area contributed by atoms with E-state index in [9.17, 15) is 29.1 Å². The van der Waals surface area contributed by atoms with Crippen LogP contribution in [-0.4, -0.2) is 80.8 Å². The van der Waals surface area contributed by atoms with Crippen molar-refractivity contribution in [2.24, 2.45) is 17.4 Å². The third-order valence-electron chi connectivity index (χ3n) is 5.22. The van der Waals surface area contributed by atoms with E-state index in [-0.39, 0.29) is 38.0 Å². The van der Waals surface area contributed by atoms with Crippen molar-refractivity contribution in [1.82, 2.24) is 25.9 Å². The van der Waals surface area contributed by atoms with Crippen LogP contribution in [0.5, 0.6) is 0 Å². The minimum atomic E-state index is -1.24. The molecule has 0 bridgehead atoms. The molecule has 0 radical (unpaired) electrons. The normalized spacial score (nSPS) is 14.4. The van der Waals surface area contributed by atoms with Crippen molar-refractivity contribution in [2.75, 3.05) is 12.0 Å². The number of rotatable bonds is 17. The number of imidazole rings is 1. The maximum Gasteiger partial charge on any atom is 0.326 e. The van der Waals surface area contributed by atoms with Crippen molar-refractivity contribution in [1.29, 1.82) is 0 Å². The molecule has 4 unspecified atom stereocenters. The second-order valence-corrected chi connectivity index (χ2v) is 9.81. The predicted octanol–water partition coefficient (Wildman–Crippen LogP) is -1.12. The van der Waals surface area contributed by atoms with Gasteiger partial charge in [0.25, 0.3) is 0 Å². The average Bonchev–Trinajstić information content (AvgIpc) is 3.31. The number of amides is 4.